The lowest BCUT2D eigenvalue weighted by atomic mass is 9.80. The zero-order valence-electron chi connectivity index (χ0n) is 15.3. The predicted octanol–water partition coefficient (Wildman–Crippen LogP) is 2.41. The van der Waals surface area contributed by atoms with Crippen LogP contribution in [0.1, 0.15) is 39.5 Å². The summed E-state index contributed by atoms with van der Waals surface area (Å²) in [6.07, 6.45) is 4.84. The van der Waals surface area contributed by atoms with Gasteiger partial charge in [0.05, 0.1) is 0 Å². The summed E-state index contributed by atoms with van der Waals surface area (Å²) < 4.78 is 27.0. The van der Waals surface area contributed by atoms with Crippen LogP contribution >= 0.6 is 11.3 Å². The fraction of sp³-hybridized carbons (Fsp3) is 0.706. The fourth-order valence-corrected chi connectivity index (χ4v) is 5.24. The van der Waals surface area contributed by atoms with Crippen LogP contribution in [0.25, 0.3) is 0 Å². The molecule has 1 aromatic heterocycles. The molecule has 1 aliphatic carbocycles. The third-order valence-electron chi connectivity index (χ3n) is 4.75. The standard InChI is InChI=1S/C17H30N4O2S2/c1-13(2)14-6-8-15(9-7-14)21-17(18-3)19-10-11-20-25(22,23)16-5-4-12-24-16/h4-5,12-15,20H,6-11H2,1-3H3,(H2,18,19,21). The number of guanidine groups is 1. The third-order valence-corrected chi connectivity index (χ3v) is 7.61. The summed E-state index contributed by atoms with van der Waals surface area (Å²) in [4.78, 5) is 4.24. The lowest BCUT2D eigenvalue weighted by Gasteiger charge is -2.32. The van der Waals surface area contributed by atoms with Gasteiger partial charge in [0.2, 0.25) is 10.0 Å². The molecule has 0 aromatic carbocycles. The summed E-state index contributed by atoms with van der Waals surface area (Å²) in [5.74, 6) is 2.33. The SMILES string of the molecule is CN=C(NCCNS(=O)(=O)c1cccs1)NC1CCC(C(C)C)CC1. The molecular weight excluding hydrogens is 356 g/mol. The van der Waals surface area contributed by atoms with E-state index in [1.807, 2.05) is 0 Å². The van der Waals surface area contributed by atoms with Gasteiger partial charge in [0.25, 0.3) is 0 Å². The van der Waals surface area contributed by atoms with E-state index in [0.717, 1.165) is 30.6 Å². The maximum Gasteiger partial charge on any atom is 0.250 e. The highest BCUT2D eigenvalue weighted by atomic mass is 32.2. The van der Waals surface area contributed by atoms with Gasteiger partial charge in [-0.1, -0.05) is 19.9 Å². The number of hydrogen-bond donors (Lipinski definition) is 3. The summed E-state index contributed by atoms with van der Waals surface area (Å²) in [6.45, 7) is 5.42. The molecule has 6 nitrogen and oxygen atoms in total. The molecule has 0 atom stereocenters. The lowest BCUT2D eigenvalue weighted by molar-refractivity contribution is 0.250. The minimum absolute atomic E-state index is 0.320. The fourth-order valence-electron chi connectivity index (χ4n) is 3.17. The highest BCUT2D eigenvalue weighted by Gasteiger charge is 2.23. The number of nitrogens with one attached hydrogen (secondary N) is 3. The second-order valence-corrected chi connectivity index (χ2v) is 9.77. The summed E-state index contributed by atoms with van der Waals surface area (Å²) in [6, 6.07) is 3.79. The van der Waals surface area contributed by atoms with Crippen LogP contribution < -0.4 is 15.4 Å². The zero-order chi connectivity index (χ0) is 18.3. The molecule has 0 spiro atoms. The van der Waals surface area contributed by atoms with E-state index in [2.05, 4.69) is 34.2 Å². The highest BCUT2D eigenvalue weighted by molar-refractivity contribution is 7.91. The number of thiophene rings is 1. The Hall–Kier alpha value is -1.12. The van der Waals surface area contributed by atoms with E-state index in [9.17, 15) is 8.42 Å². The van der Waals surface area contributed by atoms with Crippen molar-refractivity contribution in [3.8, 4) is 0 Å². The van der Waals surface area contributed by atoms with E-state index in [1.54, 1.807) is 24.6 Å². The Balaban J connectivity index is 1.69. The van der Waals surface area contributed by atoms with E-state index >= 15 is 0 Å². The molecular formula is C17H30N4O2S2. The van der Waals surface area contributed by atoms with E-state index < -0.39 is 10.0 Å². The lowest BCUT2D eigenvalue weighted by Crippen LogP contribution is -2.46. The van der Waals surface area contributed by atoms with Gasteiger partial charge in [-0.25, -0.2) is 13.1 Å². The van der Waals surface area contributed by atoms with Crippen molar-refractivity contribution in [3.63, 3.8) is 0 Å². The van der Waals surface area contributed by atoms with E-state index in [4.69, 9.17) is 0 Å². The number of sulfonamides is 1. The highest BCUT2D eigenvalue weighted by Crippen LogP contribution is 2.29. The van der Waals surface area contributed by atoms with Crippen LogP contribution in [-0.2, 0) is 10.0 Å². The molecule has 1 fully saturated rings. The summed E-state index contributed by atoms with van der Waals surface area (Å²) in [5, 5.41) is 8.39. The molecule has 0 bridgehead atoms. The van der Waals surface area contributed by atoms with Crippen LogP contribution in [0.5, 0.6) is 0 Å². The molecule has 1 aliphatic rings. The quantitative estimate of drug-likeness (QED) is 0.382. The number of nitrogens with zero attached hydrogens (tertiary/aromatic N) is 1. The van der Waals surface area contributed by atoms with Gasteiger partial charge < -0.3 is 10.6 Å². The largest absolute Gasteiger partial charge is 0.355 e. The van der Waals surface area contributed by atoms with Crippen molar-refractivity contribution >= 4 is 27.3 Å². The maximum atomic E-state index is 12.0. The first-order valence-electron chi connectivity index (χ1n) is 8.92. The minimum Gasteiger partial charge on any atom is -0.355 e. The van der Waals surface area contributed by atoms with E-state index in [1.165, 1.54) is 24.2 Å². The number of hydrogen-bond acceptors (Lipinski definition) is 4. The van der Waals surface area contributed by atoms with Crippen molar-refractivity contribution in [1.82, 2.24) is 15.4 Å². The van der Waals surface area contributed by atoms with Crippen LogP contribution in [0.4, 0.5) is 0 Å². The predicted molar refractivity (Wildman–Crippen MR) is 105 cm³/mol. The van der Waals surface area contributed by atoms with Crippen LogP contribution in [0.3, 0.4) is 0 Å². The van der Waals surface area contributed by atoms with Crippen molar-refractivity contribution < 1.29 is 8.42 Å². The van der Waals surface area contributed by atoms with Crippen molar-refractivity contribution in [3.05, 3.63) is 17.5 Å². The van der Waals surface area contributed by atoms with Gasteiger partial charge in [-0.3, -0.25) is 4.99 Å². The minimum atomic E-state index is -3.39. The Morgan fingerprint density at radius 2 is 2.00 bits per heavy atom. The normalized spacial score (nSPS) is 22.2. The molecule has 25 heavy (non-hydrogen) atoms. The first-order chi connectivity index (χ1) is 11.9. The maximum absolute atomic E-state index is 12.0. The first kappa shape index (κ1) is 20.2. The molecule has 0 unspecified atom stereocenters. The molecule has 1 heterocycles. The summed E-state index contributed by atoms with van der Waals surface area (Å²) >= 11 is 1.22. The zero-order valence-corrected chi connectivity index (χ0v) is 16.9. The van der Waals surface area contributed by atoms with Gasteiger partial charge in [-0.15, -0.1) is 11.3 Å². The van der Waals surface area contributed by atoms with Gasteiger partial charge in [-0.2, -0.15) is 0 Å². The third kappa shape index (κ3) is 6.27. The van der Waals surface area contributed by atoms with Crippen LogP contribution in [0.2, 0.25) is 0 Å². The van der Waals surface area contributed by atoms with Crippen molar-refractivity contribution in [1.29, 1.82) is 0 Å². The van der Waals surface area contributed by atoms with Gasteiger partial charge in [-0.05, 0) is 49.0 Å². The Morgan fingerprint density at radius 1 is 1.28 bits per heavy atom. The monoisotopic (exact) mass is 386 g/mol. The Morgan fingerprint density at radius 3 is 2.56 bits per heavy atom. The molecule has 3 N–H and O–H groups in total. The second-order valence-electron chi connectivity index (χ2n) is 6.83. The van der Waals surface area contributed by atoms with Crippen molar-refractivity contribution in [2.24, 2.45) is 16.8 Å². The molecule has 0 saturated heterocycles. The molecule has 1 saturated carbocycles. The molecule has 8 heteroatoms. The smallest absolute Gasteiger partial charge is 0.250 e. The van der Waals surface area contributed by atoms with Crippen LogP contribution in [0, 0.1) is 11.8 Å². The number of aliphatic imine (C=N–C) groups is 1. The summed E-state index contributed by atoms with van der Waals surface area (Å²) in [5.41, 5.74) is 0. The van der Waals surface area contributed by atoms with Crippen LogP contribution in [0.15, 0.2) is 26.7 Å². The van der Waals surface area contributed by atoms with E-state index in [0.29, 0.717) is 23.3 Å². The molecule has 142 valence electrons. The van der Waals surface area contributed by atoms with Gasteiger partial charge in [0.1, 0.15) is 4.21 Å². The van der Waals surface area contributed by atoms with Crippen molar-refractivity contribution in [2.45, 2.75) is 49.8 Å². The van der Waals surface area contributed by atoms with Crippen molar-refractivity contribution in [2.75, 3.05) is 20.1 Å². The number of rotatable bonds is 7. The molecule has 2 rings (SSSR count). The molecule has 1 aromatic rings. The Bertz CT molecular complexity index is 634. The second kappa shape index (κ2) is 9.54. The van der Waals surface area contributed by atoms with Gasteiger partial charge in [0, 0.05) is 26.2 Å². The molecule has 0 amide bonds. The van der Waals surface area contributed by atoms with Crippen LogP contribution in [-0.4, -0.2) is 40.6 Å². The summed E-state index contributed by atoms with van der Waals surface area (Å²) in [7, 11) is -1.65. The average Bonchev–Trinajstić information content (AvgIpc) is 3.13. The van der Waals surface area contributed by atoms with Gasteiger partial charge in [0.15, 0.2) is 5.96 Å². The molecule has 0 aliphatic heterocycles. The van der Waals surface area contributed by atoms with E-state index in [-0.39, 0.29) is 0 Å². The Kier molecular flexibility index (Phi) is 7.71. The molecule has 0 radical (unpaired) electrons. The topological polar surface area (TPSA) is 82.6 Å². The van der Waals surface area contributed by atoms with Gasteiger partial charge >= 0.3 is 0 Å². The first-order valence-corrected chi connectivity index (χ1v) is 11.3. The average molecular weight is 387 g/mol. The Labute approximate surface area is 155 Å².